The second-order valence-corrected chi connectivity index (χ2v) is 7.56. The normalized spacial score (nSPS) is 15.7. The summed E-state index contributed by atoms with van der Waals surface area (Å²) in [4.78, 5) is 14.9. The molecule has 0 spiro atoms. The number of nitrogens with zero attached hydrogens (tertiary/aromatic N) is 1. The Balaban J connectivity index is 1.68. The number of hydrogen-bond acceptors (Lipinski definition) is 5. The SMILES string of the molecule is O=C(Nc1ccc(OC(F)F)cc1)c1cc(S(=O)(=O)N2CCOCC2)c[nH]1. The zero-order valence-corrected chi connectivity index (χ0v) is 14.8. The molecule has 0 radical (unpaired) electrons. The molecule has 27 heavy (non-hydrogen) atoms. The summed E-state index contributed by atoms with van der Waals surface area (Å²) < 4.78 is 60.0. The van der Waals surface area contributed by atoms with Crippen LogP contribution in [0, 0.1) is 0 Å². The predicted octanol–water partition coefficient (Wildman–Crippen LogP) is 1.89. The lowest BCUT2D eigenvalue weighted by Gasteiger charge is -2.25. The van der Waals surface area contributed by atoms with Gasteiger partial charge in [-0.2, -0.15) is 13.1 Å². The van der Waals surface area contributed by atoms with E-state index in [9.17, 15) is 22.0 Å². The van der Waals surface area contributed by atoms with Crippen LogP contribution in [0.2, 0.25) is 0 Å². The Labute approximate surface area is 154 Å². The number of carbonyl (C=O) groups excluding carboxylic acids is 1. The van der Waals surface area contributed by atoms with E-state index in [1.54, 1.807) is 0 Å². The third-order valence-electron chi connectivity index (χ3n) is 3.85. The average Bonchev–Trinajstić information content (AvgIpc) is 3.15. The third kappa shape index (κ3) is 4.62. The fourth-order valence-corrected chi connectivity index (χ4v) is 3.91. The number of hydrogen-bond donors (Lipinski definition) is 2. The maximum atomic E-state index is 12.6. The molecule has 146 valence electrons. The Kier molecular flexibility index (Phi) is 5.73. The van der Waals surface area contributed by atoms with Gasteiger partial charge >= 0.3 is 6.61 Å². The first kappa shape index (κ1) is 19.3. The van der Waals surface area contributed by atoms with Crippen LogP contribution in [0.25, 0.3) is 0 Å². The Morgan fingerprint density at radius 2 is 1.89 bits per heavy atom. The van der Waals surface area contributed by atoms with Crippen LogP contribution >= 0.6 is 0 Å². The second-order valence-electron chi connectivity index (χ2n) is 5.62. The van der Waals surface area contributed by atoms with Crippen molar-refractivity contribution in [2.75, 3.05) is 31.6 Å². The van der Waals surface area contributed by atoms with Gasteiger partial charge in [-0.05, 0) is 30.3 Å². The number of carbonyl (C=O) groups is 1. The number of nitrogens with one attached hydrogen (secondary N) is 2. The van der Waals surface area contributed by atoms with Gasteiger partial charge in [0.15, 0.2) is 0 Å². The molecule has 2 N–H and O–H groups in total. The molecule has 8 nitrogen and oxygen atoms in total. The number of anilines is 1. The third-order valence-corrected chi connectivity index (χ3v) is 5.72. The van der Waals surface area contributed by atoms with E-state index in [4.69, 9.17) is 4.74 Å². The van der Waals surface area contributed by atoms with E-state index in [2.05, 4.69) is 15.0 Å². The summed E-state index contributed by atoms with van der Waals surface area (Å²) in [5.41, 5.74) is 0.392. The lowest BCUT2D eigenvalue weighted by Crippen LogP contribution is -2.40. The van der Waals surface area contributed by atoms with Crippen LogP contribution in [0.4, 0.5) is 14.5 Å². The second kappa shape index (κ2) is 8.03. The van der Waals surface area contributed by atoms with Crippen LogP contribution < -0.4 is 10.1 Å². The molecule has 11 heteroatoms. The van der Waals surface area contributed by atoms with Gasteiger partial charge in [0, 0.05) is 25.0 Å². The maximum Gasteiger partial charge on any atom is 0.387 e. The van der Waals surface area contributed by atoms with E-state index >= 15 is 0 Å². The summed E-state index contributed by atoms with van der Waals surface area (Å²) >= 11 is 0. The van der Waals surface area contributed by atoms with Gasteiger partial charge in [-0.15, -0.1) is 0 Å². The monoisotopic (exact) mass is 401 g/mol. The number of aromatic amines is 1. The number of benzene rings is 1. The molecule has 0 aliphatic carbocycles. The van der Waals surface area contributed by atoms with E-state index in [0.717, 1.165) is 0 Å². The van der Waals surface area contributed by atoms with Crippen molar-refractivity contribution < 1.29 is 31.5 Å². The van der Waals surface area contributed by atoms with Gasteiger partial charge in [-0.1, -0.05) is 0 Å². The summed E-state index contributed by atoms with van der Waals surface area (Å²) in [5, 5.41) is 2.54. The highest BCUT2D eigenvalue weighted by molar-refractivity contribution is 7.89. The van der Waals surface area contributed by atoms with Crippen molar-refractivity contribution in [3.8, 4) is 5.75 Å². The van der Waals surface area contributed by atoms with Gasteiger partial charge in [0.05, 0.1) is 13.2 Å². The van der Waals surface area contributed by atoms with Crippen LogP contribution in [-0.4, -0.2) is 56.5 Å². The van der Waals surface area contributed by atoms with Crippen LogP contribution in [0.3, 0.4) is 0 Å². The summed E-state index contributed by atoms with van der Waals surface area (Å²) in [6.07, 6.45) is 1.25. The lowest BCUT2D eigenvalue weighted by molar-refractivity contribution is -0.0498. The number of ether oxygens (including phenoxy) is 2. The molecule has 0 saturated carbocycles. The smallest absolute Gasteiger partial charge is 0.387 e. The Morgan fingerprint density at radius 1 is 1.22 bits per heavy atom. The van der Waals surface area contributed by atoms with Crippen molar-refractivity contribution in [3.63, 3.8) is 0 Å². The Morgan fingerprint density at radius 3 is 2.52 bits per heavy atom. The van der Waals surface area contributed by atoms with Crippen molar-refractivity contribution in [2.24, 2.45) is 0 Å². The van der Waals surface area contributed by atoms with Crippen molar-refractivity contribution >= 4 is 21.6 Å². The number of halogens is 2. The summed E-state index contributed by atoms with van der Waals surface area (Å²) in [6.45, 7) is -1.79. The minimum atomic E-state index is -3.71. The lowest BCUT2D eigenvalue weighted by atomic mass is 10.3. The molecule has 1 fully saturated rings. The van der Waals surface area contributed by atoms with Crippen molar-refractivity contribution in [2.45, 2.75) is 11.5 Å². The zero-order valence-electron chi connectivity index (χ0n) is 14.0. The standard InChI is InChI=1S/C16H17F2N3O5S/c17-16(18)26-12-3-1-11(2-4-12)20-15(22)14-9-13(10-19-14)27(23,24)21-5-7-25-8-6-21/h1-4,9-10,16,19H,5-8H2,(H,20,22). The van der Waals surface area contributed by atoms with E-state index in [1.165, 1.54) is 40.8 Å². The highest BCUT2D eigenvalue weighted by Crippen LogP contribution is 2.20. The van der Waals surface area contributed by atoms with Crippen molar-refractivity contribution in [1.29, 1.82) is 0 Å². The number of sulfonamides is 1. The summed E-state index contributed by atoms with van der Waals surface area (Å²) in [6, 6.07) is 6.60. The van der Waals surface area contributed by atoms with Gasteiger partial charge in [0.1, 0.15) is 16.3 Å². The highest BCUT2D eigenvalue weighted by Gasteiger charge is 2.28. The van der Waals surface area contributed by atoms with Gasteiger partial charge in [0.2, 0.25) is 10.0 Å². The number of morpholine rings is 1. The van der Waals surface area contributed by atoms with E-state index < -0.39 is 22.5 Å². The number of amides is 1. The van der Waals surface area contributed by atoms with E-state index in [-0.39, 0.29) is 29.4 Å². The van der Waals surface area contributed by atoms with Crippen LogP contribution in [0.5, 0.6) is 5.75 Å². The molecule has 1 aliphatic heterocycles. The molecule has 0 unspecified atom stereocenters. The van der Waals surface area contributed by atoms with Crippen LogP contribution in [0.1, 0.15) is 10.5 Å². The summed E-state index contributed by atoms with van der Waals surface area (Å²) in [7, 11) is -3.71. The zero-order chi connectivity index (χ0) is 19.4. The fraction of sp³-hybridized carbons (Fsp3) is 0.312. The average molecular weight is 401 g/mol. The van der Waals surface area contributed by atoms with Crippen molar-refractivity contribution in [3.05, 3.63) is 42.2 Å². The molecule has 0 atom stereocenters. The number of H-pyrrole nitrogens is 1. The molecular weight excluding hydrogens is 384 g/mol. The van der Waals surface area contributed by atoms with Gasteiger partial charge in [-0.25, -0.2) is 8.42 Å². The molecule has 1 aliphatic rings. The van der Waals surface area contributed by atoms with Gasteiger partial charge in [-0.3, -0.25) is 4.79 Å². The predicted molar refractivity (Wildman–Crippen MR) is 91.4 cm³/mol. The van der Waals surface area contributed by atoms with Crippen molar-refractivity contribution in [1.82, 2.24) is 9.29 Å². The molecule has 2 aromatic rings. The fourth-order valence-electron chi connectivity index (χ4n) is 2.51. The molecule has 1 aromatic heterocycles. The maximum absolute atomic E-state index is 12.6. The minimum Gasteiger partial charge on any atom is -0.435 e. The molecule has 0 bridgehead atoms. The highest BCUT2D eigenvalue weighted by atomic mass is 32.2. The first-order valence-electron chi connectivity index (χ1n) is 7.99. The van der Waals surface area contributed by atoms with Crippen LogP contribution in [0.15, 0.2) is 41.4 Å². The van der Waals surface area contributed by atoms with E-state index in [1.807, 2.05) is 0 Å². The first-order chi connectivity index (χ1) is 12.9. The van der Waals surface area contributed by atoms with E-state index in [0.29, 0.717) is 18.9 Å². The molecule has 1 aromatic carbocycles. The number of rotatable bonds is 6. The molecule has 3 rings (SSSR count). The molecule has 1 saturated heterocycles. The number of aromatic nitrogens is 1. The Bertz CT molecular complexity index is 893. The first-order valence-corrected chi connectivity index (χ1v) is 9.43. The quantitative estimate of drug-likeness (QED) is 0.770. The van der Waals surface area contributed by atoms with Gasteiger partial charge in [0.25, 0.3) is 5.91 Å². The largest absolute Gasteiger partial charge is 0.435 e. The minimum absolute atomic E-state index is 0.0183. The topological polar surface area (TPSA) is 101 Å². The Hall–Kier alpha value is -2.50. The van der Waals surface area contributed by atoms with Gasteiger partial charge < -0.3 is 19.8 Å². The van der Waals surface area contributed by atoms with Crippen LogP contribution in [-0.2, 0) is 14.8 Å². The molecule has 1 amide bonds. The molecular formula is C16H17F2N3O5S. The summed E-state index contributed by atoms with van der Waals surface area (Å²) in [5.74, 6) is -0.609. The number of alkyl halides is 2. The molecule has 2 heterocycles.